The van der Waals surface area contributed by atoms with Crippen LogP contribution in [-0.4, -0.2) is 39.4 Å². The third kappa shape index (κ3) is 5.89. The Hall–Kier alpha value is -3.97. The SMILES string of the molecule is Cc1ccc(-n2cc(-c3ccc(Cl)cc3)nc2NC(=O)CN(CC2CC2)C(=O)c2ccccc2F)cc1. The smallest absolute Gasteiger partial charge is 0.257 e. The molecule has 188 valence electrons. The summed E-state index contributed by atoms with van der Waals surface area (Å²) in [5.41, 5.74) is 3.39. The second-order valence-corrected chi connectivity index (χ2v) is 9.76. The Bertz CT molecular complexity index is 1430. The Balaban J connectivity index is 1.42. The van der Waals surface area contributed by atoms with Crippen LogP contribution in [0.25, 0.3) is 16.9 Å². The summed E-state index contributed by atoms with van der Waals surface area (Å²) in [5.74, 6) is -0.856. The van der Waals surface area contributed by atoms with E-state index in [0.717, 1.165) is 29.7 Å². The summed E-state index contributed by atoms with van der Waals surface area (Å²) in [5, 5.41) is 3.49. The van der Waals surface area contributed by atoms with Crippen molar-refractivity contribution in [1.29, 1.82) is 0 Å². The zero-order chi connectivity index (χ0) is 25.9. The molecule has 1 aromatic heterocycles. The van der Waals surface area contributed by atoms with Crippen LogP contribution < -0.4 is 5.32 Å². The van der Waals surface area contributed by atoms with Crippen LogP contribution in [0.15, 0.2) is 79.0 Å². The Morgan fingerprint density at radius 1 is 1.05 bits per heavy atom. The molecule has 1 saturated carbocycles. The maximum absolute atomic E-state index is 14.3. The summed E-state index contributed by atoms with van der Waals surface area (Å²) < 4.78 is 16.1. The molecule has 1 heterocycles. The van der Waals surface area contributed by atoms with Crippen LogP contribution in [0.2, 0.25) is 5.02 Å². The maximum Gasteiger partial charge on any atom is 0.257 e. The molecule has 0 spiro atoms. The predicted octanol–water partition coefficient (Wildman–Crippen LogP) is 6.13. The fourth-order valence-corrected chi connectivity index (χ4v) is 4.23. The largest absolute Gasteiger partial charge is 0.329 e. The van der Waals surface area contributed by atoms with Crippen molar-refractivity contribution in [1.82, 2.24) is 14.5 Å². The summed E-state index contributed by atoms with van der Waals surface area (Å²) in [6.45, 7) is 2.20. The van der Waals surface area contributed by atoms with Crippen LogP contribution in [0.3, 0.4) is 0 Å². The van der Waals surface area contributed by atoms with Gasteiger partial charge in [-0.15, -0.1) is 0 Å². The van der Waals surface area contributed by atoms with Gasteiger partial charge >= 0.3 is 0 Å². The highest BCUT2D eigenvalue weighted by Crippen LogP contribution is 2.30. The molecule has 1 N–H and O–H groups in total. The normalized spacial score (nSPS) is 12.8. The number of aromatic nitrogens is 2. The van der Waals surface area contributed by atoms with E-state index in [1.807, 2.05) is 49.5 Å². The number of nitrogens with zero attached hydrogens (tertiary/aromatic N) is 3. The third-order valence-electron chi connectivity index (χ3n) is 6.31. The molecule has 3 aromatic carbocycles. The molecular formula is C29H26ClFN4O2. The molecule has 0 aliphatic heterocycles. The third-order valence-corrected chi connectivity index (χ3v) is 6.56. The number of hydrogen-bond acceptors (Lipinski definition) is 3. The molecule has 0 bridgehead atoms. The van der Waals surface area contributed by atoms with E-state index in [2.05, 4.69) is 10.3 Å². The van der Waals surface area contributed by atoms with Gasteiger partial charge in [0.05, 0.1) is 11.3 Å². The van der Waals surface area contributed by atoms with E-state index < -0.39 is 17.6 Å². The quantitative estimate of drug-likeness (QED) is 0.306. The van der Waals surface area contributed by atoms with Crippen molar-refractivity contribution >= 4 is 29.4 Å². The monoisotopic (exact) mass is 516 g/mol. The van der Waals surface area contributed by atoms with Gasteiger partial charge in [0, 0.05) is 29.0 Å². The molecule has 0 atom stereocenters. The fourth-order valence-electron chi connectivity index (χ4n) is 4.10. The van der Waals surface area contributed by atoms with E-state index in [-0.39, 0.29) is 12.1 Å². The maximum atomic E-state index is 14.3. The lowest BCUT2D eigenvalue weighted by Crippen LogP contribution is -2.40. The minimum Gasteiger partial charge on any atom is -0.329 e. The van der Waals surface area contributed by atoms with Crippen molar-refractivity contribution in [2.45, 2.75) is 19.8 Å². The molecule has 1 aliphatic rings. The fraction of sp³-hybridized carbons (Fsp3) is 0.207. The van der Waals surface area contributed by atoms with Crippen LogP contribution in [0, 0.1) is 18.7 Å². The number of rotatable bonds is 8. The van der Waals surface area contributed by atoms with E-state index >= 15 is 0 Å². The van der Waals surface area contributed by atoms with Crippen molar-refractivity contribution in [3.8, 4) is 16.9 Å². The number of halogens is 2. The van der Waals surface area contributed by atoms with Crippen molar-refractivity contribution in [2.75, 3.05) is 18.4 Å². The van der Waals surface area contributed by atoms with Gasteiger partial charge in [0.1, 0.15) is 12.4 Å². The Kier molecular flexibility index (Phi) is 7.06. The second kappa shape index (κ2) is 10.6. The number of amides is 2. The molecule has 6 nitrogen and oxygen atoms in total. The van der Waals surface area contributed by atoms with Gasteiger partial charge in [0.2, 0.25) is 11.9 Å². The van der Waals surface area contributed by atoms with Gasteiger partial charge < -0.3 is 4.90 Å². The average Bonchev–Trinajstić information content (AvgIpc) is 3.62. The number of anilines is 1. The standard InChI is InChI=1S/C29H26ClFN4O2/c1-19-6-14-23(15-7-19)35-17-26(21-10-12-22(30)13-11-21)32-29(35)33-27(36)18-34(16-20-8-9-20)28(37)24-4-2-3-5-25(24)31/h2-7,10-15,17,20H,8-9,16,18H2,1H3,(H,32,33,36). The van der Waals surface area contributed by atoms with Gasteiger partial charge in [0.25, 0.3) is 5.91 Å². The van der Waals surface area contributed by atoms with E-state index in [9.17, 15) is 14.0 Å². The molecule has 37 heavy (non-hydrogen) atoms. The van der Waals surface area contributed by atoms with Crippen LogP contribution in [0.4, 0.5) is 10.3 Å². The van der Waals surface area contributed by atoms with E-state index in [0.29, 0.717) is 29.1 Å². The van der Waals surface area contributed by atoms with Crippen LogP contribution in [-0.2, 0) is 4.79 Å². The zero-order valence-corrected chi connectivity index (χ0v) is 21.1. The number of imidazole rings is 1. The molecule has 0 saturated heterocycles. The van der Waals surface area contributed by atoms with Gasteiger partial charge in [-0.3, -0.25) is 19.5 Å². The second-order valence-electron chi connectivity index (χ2n) is 9.32. The molecule has 8 heteroatoms. The first-order chi connectivity index (χ1) is 17.9. The summed E-state index contributed by atoms with van der Waals surface area (Å²) in [7, 11) is 0. The van der Waals surface area contributed by atoms with Crippen molar-refractivity contribution in [3.05, 3.63) is 101 Å². The predicted molar refractivity (Wildman–Crippen MR) is 142 cm³/mol. The van der Waals surface area contributed by atoms with Crippen LogP contribution in [0.5, 0.6) is 0 Å². The van der Waals surface area contributed by atoms with Gasteiger partial charge in [0.15, 0.2) is 0 Å². The first-order valence-corrected chi connectivity index (χ1v) is 12.5. The van der Waals surface area contributed by atoms with E-state index in [1.54, 1.807) is 22.8 Å². The van der Waals surface area contributed by atoms with Crippen molar-refractivity contribution < 1.29 is 14.0 Å². The Morgan fingerprint density at radius 2 is 1.76 bits per heavy atom. The van der Waals surface area contributed by atoms with Gasteiger partial charge in [-0.1, -0.05) is 53.6 Å². The van der Waals surface area contributed by atoms with Gasteiger partial charge in [-0.25, -0.2) is 9.37 Å². The van der Waals surface area contributed by atoms with Gasteiger partial charge in [-0.05, 0) is 62.1 Å². The van der Waals surface area contributed by atoms with Crippen LogP contribution >= 0.6 is 11.6 Å². The molecule has 0 radical (unpaired) electrons. The number of carbonyl (C=O) groups is 2. The Labute approximate surface area is 219 Å². The average molecular weight is 517 g/mol. The van der Waals surface area contributed by atoms with Crippen molar-refractivity contribution in [3.63, 3.8) is 0 Å². The number of aryl methyl sites for hydroxylation is 1. The highest BCUT2D eigenvalue weighted by Gasteiger charge is 2.30. The summed E-state index contributed by atoms with van der Waals surface area (Å²) in [6.07, 6.45) is 3.83. The van der Waals surface area contributed by atoms with Gasteiger partial charge in [-0.2, -0.15) is 0 Å². The summed E-state index contributed by atoms with van der Waals surface area (Å²) in [4.78, 5) is 32.4. The highest BCUT2D eigenvalue weighted by atomic mass is 35.5. The number of hydrogen-bond donors (Lipinski definition) is 1. The van der Waals surface area contributed by atoms with Crippen LogP contribution in [0.1, 0.15) is 28.8 Å². The molecule has 1 fully saturated rings. The number of nitrogens with one attached hydrogen (secondary N) is 1. The molecule has 5 rings (SSSR count). The zero-order valence-electron chi connectivity index (χ0n) is 20.3. The highest BCUT2D eigenvalue weighted by molar-refractivity contribution is 6.30. The molecule has 4 aromatic rings. The summed E-state index contributed by atoms with van der Waals surface area (Å²) in [6, 6.07) is 21.0. The first kappa shape index (κ1) is 24.7. The molecular weight excluding hydrogens is 491 g/mol. The lowest BCUT2D eigenvalue weighted by molar-refractivity contribution is -0.117. The molecule has 2 amide bonds. The minimum absolute atomic E-state index is 0.0397. The minimum atomic E-state index is -0.601. The Morgan fingerprint density at radius 3 is 2.43 bits per heavy atom. The lowest BCUT2D eigenvalue weighted by atomic mass is 10.1. The molecule has 0 unspecified atom stereocenters. The van der Waals surface area contributed by atoms with E-state index in [4.69, 9.17) is 11.6 Å². The number of carbonyl (C=O) groups excluding carboxylic acids is 2. The lowest BCUT2D eigenvalue weighted by Gasteiger charge is -2.22. The topological polar surface area (TPSA) is 67.2 Å². The summed E-state index contributed by atoms with van der Waals surface area (Å²) >= 11 is 6.05. The first-order valence-electron chi connectivity index (χ1n) is 12.1. The van der Waals surface area contributed by atoms with Crippen molar-refractivity contribution in [2.24, 2.45) is 5.92 Å². The van der Waals surface area contributed by atoms with E-state index in [1.165, 1.54) is 23.1 Å². The number of benzene rings is 3. The molecule has 1 aliphatic carbocycles.